The van der Waals surface area contributed by atoms with Crippen molar-refractivity contribution in [1.82, 2.24) is 4.98 Å². The maximum atomic E-state index is 12.7. The Balaban J connectivity index is 1.51. The van der Waals surface area contributed by atoms with Crippen molar-refractivity contribution in [3.63, 3.8) is 0 Å². The average Bonchev–Trinajstić information content (AvgIpc) is 3.18. The fourth-order valence-corrected chi connectivity index (χ4v) is 3.28. The second-order valence-electron chi connectivity index (χ2n) is 7.11. The fourth-order valence-electron chi connectivity index (χ4n) is 3.28. The molecule has 1 aliphatic rings. The lowest BCUT2D eigenvalue weighted by Gasteiger charge is -2.29. The van der Waals surface area contributed by atoms with Crippen molar-refractivity contribution in [2.24, 2.45) is 0 Å². The predicted molar refractivity (Wildman–Crippen MR) is 111 cm³/mol. The van der Waals surface area contributed by atoms with Crippen molar-refractivity contribution in [2.45, 2.75) is 18.9 Å². The van der Waals surface area contributed by atoms with Crippen molar-refractivity contribution in [3.8, 4) is 11.3 Å². The number of methoxy groups -OCH3 is 2. The van der Waals surface area contributed by atoms with Crippen molar-refractivity contribution >= 4 is 22.7 Å². The van der Waals surface area contributed by atoms with Gasteiger partial charge in [0.05, 0.1) is 18.3 Å². The number of carbonyl (C=O) groups is 1. The maximum Gasteiger partial charge on any atom is 0.259 e. The monoisotopic (exact) mass is 390 g/mol. The molecule has 1 N–H and O–H groups in total. The normalized spacial score (nSPS) is 18.9. The number of benzene rings is 1. The number of carbonyl (C=O) groups excluding carboxylic acids is 1. The Kier molecular flexibility index (Phi) is 4.94. The molecule has 0 radical (unpaired) electrons. The molecule has 1 aliphatic carbocycles. The van der Waals surface area contributed by atoms with E-state index in [0.717, 1.165) is 16.7 Å². The van der Waals surface area contributed by atoms with E-state index < -0.39 is 5.60 Å². The number of nitrogens with zero attached hydrogens (tertiary/aromatic N) is 1. The number of pyridine rings is 1. The van der Waals surface area contributed by atoms with Gasteiger partial charge in [-0.2, -0.15) is 0 Å². The van der Waals surface area contributed by atoms with Crippen LogP contribution >= 0.6 is 0 Å². The number of furan rings is 1. The van der Waals surface area contributed by atoms with Gasteiger partial charge in [0, 0.05) is 36.4 Å². The van der Waals surface area contributed by atoms with E-state index in [1.165, 1.54) is 0 Å². The van der Waals surface area contributed by atoms with Crippen molar-refractivity contribution in [3.05, 3.63) is 72.1 Å². The topological polar surface area (TPSA) is 73.6 Å². The first-order chi connectivity index (χ1) is 14.0. The van der Waals surface area contributed by atoms with Crippen LogP contribution in [-0.2, 0) is 14.3 Å². The summed E-state index contributed by atoms with van der Waals surface area (Å²) in [5.74, 6) is 1.10. The number of aromatic nitrogens is 1. The minimum Gasteiger partial charge on any atom is -0.500 e. The van der Waals surface area contributed by atoms with Crippen LogP contribution in [-0.4, -0.2) is 30.7 Å². The molecule has 0 fully saturated rings. The largest absolute Gasteiger partial charge is 0.500 e. The van der Waals surface area contributed by atoms with Gasteiger partial charge in [0.2, 0.25) is 5.71 Å². The molecular formula is C23H22N2O4. The zero-order valence-electron chi connectivity index (χ0n) is 16.6. The molecule has 2 heterocycles. The van der Waals surface area contributed by atoms with Gasteiger partial charge in [0.1, 0.15) is 11.5 Å². The standard InChI is InChI=1S/C23H22N2O4/c1-23(28-3)11-10-18(20(14-23)27-2)21(26)25-17-8-6-15(7-9-17)19-13-16-5-4-12-24-22(16)29-19/h4-13H,14H2,1-3H3,(H,25,26). The lowest BCUT2D eigenvalue weighted by molar-refractivity contribution is -0.112. The highest BCUT2D eigenvalue weighted by Crippen LogP contribution is 2.31. The molecule has 29 heavy (non-hydrogen) atoms. The van der Waals surface area contributed by atoms with Crippen molar-refractivity contribution in [1.29, 1.82) is 0 Å². The zero-order valence-corrected chi connectivity index (χ0v) is 16.6. The number of hydrogen-bond acceptors (Lipinski definition) is 5. The molecule has 6 heteroatoms. The fraction of sp³-hybridized carbons (Fsp3) is 0.217. The number of fused-ring (bicyclic) bond motifs is 1. The molecule has 2 aromatic heterocycles. The highest BCUT2D eigenvalue weighted by molar-refractivity contribution is 6.06. The molecule has 3 aromatic rings. The first-order valence-corrected chi connectivity index (χ1v) is 9.29. The van der Waals surface area contributed by atoms with Gasteiger partial charge in [0.25, 0.3) is 5.91 Å². The Bertz CT molecular complexity index is 1080. The van der Waals surface area contributed by atoms with Crippen LogP contribution in [0.2, 0.25) is 0 Å². The molecule has 0 bridgehead atoms. The van der Waals surface area contributed by atoms with Crippen LogP contribution in [0.5, 0.6) is 0 Å². The molecule has 0 spiro atoms. The first-order valence-electron chi connectivity index (χ1n) is 9.29. The first kappa shape index (κ1) is 19.0. The number of ether oxygens (including phenoxy) is 2. The average molecular weight is 390 g/mol. The molecule has 1 aromatic carbocycles. The van der Waals surface area contributed by atoms with E-state index >= 15 is 0 Å². The third-order valence-corrected chi connectivity index (χ3v) is 5.09. The molecule has 1 unspecified atom stereocenters. The Morgan fingerprint density at radius 1 is 1.21 bits per heavy atom. The Morgan fingerprint density at radius 2 is 2.00 bits per heavy atom. The number of nitrogens with one attached hydrogen (secondary N) is 1. The number of anilines is 1. The minimum atomic E-state index is -0.474. The molecule has 1 amide bonds. The maximum absolute atomic E-state index is 12.7. The van der Waals surface area contributed by atoms with Crippen LogP contribution in [0.1, 0.15) is 13.3 Å². The lowest BCUT2D eigenvalue weighted by atomic mass is 9.91. The van der Waals surface area contributed by atoms with Gasteiger partial charge in [-0.1, -0.05) is 6.08 Å². The third-order valence-electron chi connectivity index (χ3n) is 5.09. The van der Waals surface area contributed by atoms with E-state index in [-0.39, 0.29) is 5.91 Å². The summed E-state index contributed by atoms with van der Waals surface area (Å²) >= 11 is 0. The van der Waals surface area contributed by atoms with Crippen LogP contribution in [0.3, 0.4) is 0 Å². The van der Waals surface area contributed by atoms with E-state index in [0.29, 0.717) is 29.2 Å². The van der Waals surface area contributed by atoms with Gasteiger partial charge in [-0.15, -0.1) is 0 Å². The molecule has 148 valence electrons. The SMILES string of the molecule is COC1=C(C(=O)Nc2ccc(-c3cc4cccnc4o3)cc2)C=CC(C)(OC)C1. The van der Waals surface area contributed by atoms with Crippen LogP contribution in [0.15, 0.2) is 76.6 Å². The summed E-state index contributed by atoms with van der Waals surface area (Å²) in [5, 5.41) is 3.86. The summed E-state index contributed by atoms with van der Waals surface area (Å²) < 4.78 is 16.7. The van der Waals surface area contributed by atoms with Crippen LogP contribution in [0.25, 0.3) is 22.4 Å². The molecule has 0 saturated carbocycles. The van der Waals surface area contributed by atoms with Gasteiger partial charge in [-0.05, 0) is 55.5 Å². The Labute approximate surface area is 168 Å². The second-order valence-corrected chi connectivity index (χ2v) is 7.11. The lowest BCUT2D eigenvalue weighted by Crippen LogP contribution is -2.30. The number of hydrogen-bond donors (Lipinski definition) is 1. The minimum absolute atomic E-state index is 0.225. The molecule has 1 atom stereocenters. The third kappa shape index (κ3) is 3.79. The van der Waals surface area contributed by atoms with E-state index in [2.05, 4.69) is 10.3 Å². The van der Waals surface area contributed by atoms with Gasteiger partial charge >= 0.3 is 0 Å². The van der Waals surface area contributed by atoms with E-state index in [4.69, 9.17) is 13.9 Å². The summed E-state index contributed by atoms with van der Waals surface area (Å²) in [4.78, 5) is 17.0. The molecule has 0 aliphatic heterocycles. The summed E-state index contributed by atoms with van der Waals surface area (Å²) in [5.41, 5.74) is 2.22. The predicted octanol–water partition coefficient (Wildman–Crippen LogP) is 4.70. The Hall–Kier alpha value is -3.38. The van der Waals surface area contributed by atoms with Crippen molar-refractivity contribution < 1.29 is 18.7 Å². The smallest absolute Gasteiger partial charge is 0.259 e. The Morgan fingerprint density at radius 3 is 2.69 bits per heavy atom. The highest BCUT2D eigenvalue weighted by atomic mass is 16.5. The summed E-state index contributed by atoms with van der Waals surface area (Å²) in [6.45, 7) is 1.95. The molecule has 6 nitrogen and oxygen atoms in total. The van der Waals surface area contributed by atoms with E-state index in [9.17, 15) is 4.79 Å². The van der Waals surface area contributed by atoms with Gasteiger partial charge in [0.15, 0.2) is 0 Å². The zero-order chi connectivity index (χ0) is 20.4. The number of amides is 1. The van der Waals surface area contributed by atoms with Crippen molar-refractivity contribution in [2.75, 3.05) is 19.5 Å². The van der Waals surface area contributed by atoms with Gasteiger partial charge in [-0.3, -0.25) is 4.79 Å². The van der Waals surface area contributed by atoms with Gasteiger partial charge in [-0.25, -0.2) is 4.98 Å². The summed E-state index contributed by atoms with van der Waals surface area (Å²) in [7, 11) is 3.21. The molecule has 4 rings (SSSR count). The van der Waals surface area contributed by atoms with Crippen LogP contribution in [0.4, 0.5) is 5.69 Å². The van der Waals surface area contributed by atoms with Crippen LogP contribution in [0, 0.1) is 0 Å². The van der Waals surface area contributed by atoms with Gasteiger partial charge < -0.3 is 19.2 Å². The number of rotatable bonds is 5. The van der Waals surface area contributed by atoms with E-state index in [1.54, 1.807) is 26.5 Å². The molecule has 0 saturated heterocycles. The quantitative estimate of drug-likeness (QED) is 0.684. The summed E-state index contributed by atoms with van der Waals surface area (Å²) in [6, 6.07) is 13.3. The summed E-state index contributed by atoms with van der Waals surface area (Å²) in [6.07, 6.45) is 5.82. The van der Waals surface area contributed by atoms with E-state index in [1.807, 2.05) is 55.5 Å². The molecular weight excluding hydrogens is 368 g/mol. The second kappa shape index (κ2) is 7.56. The highest BCUT2D eigenvalue weighted by Gasteiger charge is 2.30. The van der Waals surface area contributed by atoms with Crippen LogP contribution < -0.4 is 5.32 Å².